The average molecular weight is 400 g/mol. The van der Waals surface area contributed by atoms with Crippen LogP contribution in [0.15, 0.2) is 21.5 Å². The minimum atomic E-state index is -3.95. The Morgan fingerprint density at radius 2 is 2.10 bits per heavy atom. The summed E-state index contributed by atoms with van der Waals surface area (Å²) < 4.78 is 28.3. The van der Waals surface area contributed by atoms with Gasteiger partial charge in [0.1, 0.15) is 0 Å². The van der Waals surface area contributed by atoms with Gasteiger partial charge in [-0.25, -0.2) is 13.6 Å². The molecule has 0 aromatic heterocycles. The fraction of sp³-hybridized carbons (Fsp3) is 0.417. The van der Waals surface area contributed by atoms with Crippen molar-refractivity contribution in [3.63, 3.8) is 0 Å². The Kier molecular flexibility index (Phi) is 6.61. The van der Waals surface area contributed by atoms with Crippen LogP contribution in [0.4, 0.5) is 0 Å². The van der Waals surface area contributed by atoms with Gasteiger partial charge in [0.2, 0.25) is 10.0 Å². The van der Waals surface area contributed by atoms with Crippen LogP contribution in [0.25, 0.3) is 0 Å². The van der Waals surface area contributed by atoms with Crippen LogP contribution in [0, 0.1) is 0 Å². The molecule has 1 amide bonds. The zero-order chi connectivity index (χ0) is 16.2. The van der Waals surface area contributed by atoms with Gasteiger partial charge in [0.15, 0.2) is 0 Å². The predicted molar refractivity (Wildman–Crippen MR) is 83.9 cm³/mol. The largest absolute Gasteiger partial charge is 0.377 e. The molecule has 6 nitrogen and oxygen atoms in total. The number of hydrogen-bond acceptors (Lipinski definition) is 4. The highest BCUT2D eigenvalue weighted by molar-refractivity contribution is 9.10. The van der Waals surface area contributed by atoms with Crippen molar-refractivity contribution in [1.29, 1.82) is 0 Å². The maximum atomic E-state index is 12.0. The zero-order valence-corrected chi connectivity index (χ0v) is 14.7. The number of rotatable bonds is 6. The molecule has 3 N–H and O–H groups in total. The molecule has 1 aromatic rings. The van der Waals surface area contributed by atoms with Crippen molar-refractivity contribution < 1.29 is 17.9 Å². The van der Waals surface area contributed by atoms with Crippen LogP contribution < -0.4 is 10.5 Å². The number of nitrogens with two attached hydrogens (primary N) is 1. The van der Waals surface area contributed by atoms with E-state index in [0.29, 0.717) is 6.61 Å². The maximum absolute atomic E-state index is 12.0. The Balaban J connectivity index is 2.90. The van der Waals surface area contributed by atoms with E-state index in [1.807, 2.05) is 13.8 Å². The molecule has 0 aliphatic carbocycles. The molecule has 1 rings (SSSR count). The highest BCUT2D eigenvalue weighted by atomic mass is 79.9. The van der Waals surface area contributed by atoms with Gasteiger partial charge in [0, 0.05) is 11.0 Å². The van der Waals surface area contributed by atoms with Gasteiger partial charge in [-0.1, -0.05) is 11.6 Å². The van der Waals surface area contributed by atoms with Crippen molar-refractivity contribution in [2.24, 2.45) is 5.14 Å². The van der Waals surface area contributed by atoms with Gasteiger partial charge >= 0.3 is 0 Å². The first-order chi connectivity index (χ1) is 9.62. The lowest BCUT2D eigenvalue weighted by molar-refractivity contribution is 0.0746. The molecule has 0 saturated carbocycles. The summed E-state index contributed by atoms with van der Waals surface area (Å²) in [4.78, 5) is 11.8. The third kappa shape index (κ3) is 5.55. The lowest BCUT2D eigenvalue weighted by Crippen LogP contribution is -2.28. The topological polar surface area (TPSA) is 98.5 Å². The summed E-state index contributed by atoms with van der Waals surface area (Å²) in [6.45, 7) is 4.39. The van der Waals surface area contributed by atoms with E-state index < -0.39 is 15.9 Å². The van der Waals surface area contributed by atoms with Crippen LogP contribution in [-0.2, 0) is 14.8 Å². The number of amides is 1. The fourth-order valence-electron chi connectivity index (χ4n) is 1.48. The summed E-state index contributed by atoms with van der Waals surface area (Å²) in [6.07, 6.45) is 0.0622. The summed E-state index contributed by atoms with van der Waals surface area (Å²) in [7, 11) is -3.95. The minimum Gasteiger partial charge on any atom is -0.377 e. The Bertz CT molecular complexity index is 634. The van der Waals surface area contributed by atoms with E-state index in [9.17, 15) is 13.2 Å². The number of carbonyl (C=O) groups is 1. The van der Waals surface area contributed by atoms with Crippen molar-refractivity contribution in [3.05, 3.63) is 27.2 Å². The maximum Gasteiger partial charge on any atom is 0.252 e. The SMILES string of the molecule is CC(C)OCCNC(=O)c1cc(S(N)(=O)=O)c(Br)cc1Cl. The molecule has 0 aliphatic heterocycles. The number of carbonyl (C=O) groups excluding carboxylic acids is 1. The fourth-order valence-corrected chi connectivity index (χ4v) is 3.49. The average Bonchev–Trinajstić information content (AvgIpc) is 2.32. The molecule has 0 bridgehead atoms. The molecule has 0 saturated heterocycles. The summed E-state index contributed by atoms with van der Waals surface area (Å²) in [5, 5.41) is 7.79. The van der Waals surface area contributed by atoms with Gasteiger partial charge in [-0.15, -0.1) is 0 Å². The number of halogens is 2. The molecule has 1 aromatic carbocycles. The van der Waals surface area contributed by atoms with Crippen LogP contribution in [0.5, 0.6) is 0 Å². The molecule has 0 heterocycles. The Labute approximate surface area is 137 Å². The van der Waals surface area contributed by atoms with Crippen LogP contribution in [0.1, 0.15) is 24.2 Å². The van der Waals surface area contributed by atoms with Crippen molar-refractivity contribution in [2.45, 2.75) is 24.8 Å². The van der Waals surface area contributed by atoms with Crippen LogP contribution in [-0.4, -0.2) is 33.6 Å². The quantitative estimate of drug-likeness (QED) is 0.714. The number of hydrogen-bond donors (Lipinski definition) is 2. The monoisotopic (exact) mass is 398 g/mol. The molecule has 9 heteroatoms. The highest BCUT2D eigenvalue weighted by Crippen LogP contribution is 2.28. The minimum absolute atomic E-state index is 0.0356. The number of nitrogens with one attached hydrogen (secondary N) is 1. The second-order valence-electron chi connectivity index (χ2n) is 4.48. The van der Waals surface area contributed by atoms with E-state index in [-0.39, 0.29) is 32.6 Å². The smallest absolute Gasteiger partial charge is 0.252 e. The number of ether oxygens (including phenoxy) is 1. The summed E-state index contributed by atoms with van der Waals surface area (Å²) in [6, 6.07) is 2.46. The van der Waals surface area contributed by atoms with Gasteiger partial charge in [0.05, 0.1) is 28.2 Å². The second kappa shape index (κ2) is 7.55. The molecule has 0 spiro atoms. The van der Waals surface area contributed by atoms with E-state index in [2.05, 4.69) is 21.2 Å². The molecule has 118 valence electrons. The van der Waals surface area contributed by atoms with E-state index in [1.165, 1.54) is 6.07 Å². The van der Waals surface area contributed by atoms with Crippen molar-refractivity contribution >= 4 is 43.5 Å². The van der Waals surface area contributed by atoms with Gasteiger partial charge < -0.3 is 10.1 Å². The van der Waals surface area contributed by atoms with Gasteiger partial charge in [-0.3, -0.25) is 4.79 Å². The molecular formula is C12H16BrClN2O4S. The summed E-state index contributed by atoms with van der Waals surface area (Å²) >= 11 is 9.00. The van der Waals surface area contributed by atoms with E-state index in [4.69, 9.17) is 21.5 Å². The Hall–Kier alpha value is -0.670. The van der Waals surface area contributed by atoms with E-state index >= 15 is 0 Å². The van der Waals surface area contributed by atoms with Gasteiger partial charge in [-0.05, 0) is 41.9 Å². The highest BCUT2D eigenvalue weighted by Gasteiger charge is 2.19. The van der Waals surface area contributed by atoms with E-state index in [0.717, 1.165) is 6.07 Å². The first-order valence-corrected chi connectivity index (χ1v) is 8.76. The normalized spacial score (nSPS) is 11.7. The molecule has 0 aliphatic rings. The standard InChI is InChI=1S/C12H16BrClN2O4S/c1-7(2)20-4-3-16-12(17)8-5-11(21(15,18)19)9(13)6-10(8)14/h5-7H,3-4H2,1-2H3,(H,16,17)(H2,15,18,19). The molecular weight excluding hydrogens is 384 g/mol. The predicted octanol–water partition coefficient (Wildman–Crippen LogP) is 1.90. The van der Waals surface area contributed by atoms with Crippen molar-refractivity contribution in [2.75, 3.05) is 13.2 Å². The molecule has 0 unspecified atom stereocenters. The number of benzene rings is 1. The lowest BCUT2D eigenvalue weighted by Gasteiger charge is -2.11. The molecule has 21 heavy (non-hydrogen) atoms. The Morgan fingerprint density at radius 1 is 1.48 bits per heavy atom. The van der Waals surface area contributed by atoms with Crippen molar-refractivity contribution in [1.82, 2.24) is 5.32 Å². The molecule has 0 atom stereocenters. The number of sulfonamides is 1. The van der Waals surface area contributed by atoms with Gasteiger partial charge in [-0.2, -0.15) is 0 Å². The first kappa shape index (κ1) is 18.4. The summed E-state index contributed by atoms with van der Waals surface area (Å²) in [5.74, 6) is -0.496. The first-order valence-electron chi connectivity index (χ1n) is 6.04. The van der Waals surface area contributed by atoms with Gasteiger partial charge in [0.25, 0.3) is 5.91 Å². The van der Waals surface area contributed by atoms with Crippen molar-refractivity contribution in [3.8, 4) is 0 Å². The number of primary sulfonamides is 1. The second-order valence-corrected chi connectivity index (χ2v) is 7.27. The lowest BCUT2D eigenvalue weighted by atomic mass is 10.2. The zero-order valence-electron chi connectivity index (χ0n) is 11.5. The van der Waals surface area contributed by atoms with Crippen LogP contribution >= 0.6 is 27.5 Å². The van der Waals surface area contributed by atoms with Crippen LogP contribution in [0.2, 0.25) is 5.02 Å². The van der Waals surface area contributed by atoms with E-state index in [1.54, 1.807) is 0 Å². The summed E-state index contributed by atoms with van der Waals surface area (Å²) in [5.41, 5.74) is 0.0356. The molecule has 0 radical (unpaired) electrons. The Morgan fingerprint density at radius 3 is 2.62 bits per heavy atom. The molecule has 0 fully saturated rings. The van der Waals surface area contributed by atoms with Crippen LogP contribution in [0.3, 0.4) is 0 Å². The third-order valence-electron chi connectivity index (χ3n) is 2.41. The third-order valence-corrected chi connectivity index (χ3v) is 4.59.